The number of benzene rings is 1. The summed E-state index contributed by atoms with van der Waals surface area (Å²) >= 11 is 0. The highest BCUT2D eigenvalue weighted by Gasteiger charge is 2.17. The van der Waals surface area contributed by atoms with Crippen molar-refractivity contribution in [2.75, 3.05) is 10.6 Å². The molecule has 0 spiro atoms. The van der Waals surface area contributed by atoms with Gasteiger partial charge in [-0.25, -0.2) is 0 Å². The molecule has 0 bridgehead atoms. The highest BCUT2D eigenvalue weighted by molar-refractivity contribution is 6.00. The summed E-state index contributed by atoms with van der Waals surface area (Å²) in [6.45, 7) is 4.17. The fraction of sp³-hybridized carbons (Fsp3) is 0.250. The zero-order chi connectivity index (χ0) is 10.4. The second-order valence-corrected chi connectivity index (χ2v) is 4.08. The zero-order valence-electron chi connectivity index (χ0n) is 8.83. The minimum Gasteiger partial charge on any atom is -0.364 e. The van der Waals surface area contributed by atoms with Crippen LogP contribution in [0.3, 0.4) is 0 Å². The van der Waals surface area contributed by atoms with Gasteiger partial charge < -0.3 is 10.6 Å². The van der Waals surface area contributed by atoms with Gasteiger partial charge in [-0.15, -0.1) is 0 Å². The molecule has 3 heteroatoms. The van der Waals surface area contributed by atoms with Crippen LogP contribution in [-0.4, -0.2) is 11.1 Å². The van der Waals surface area contributed by atoms with Gasteiger partial charge >= 0.3 is 0 Å². The summed E-state index contributed by atoms with van der Waals surface area (Å²) in [4.78, 5) is 4.42. The van der Waals surface area contributed by atoms with E-state index >= 15 is 0 Å². The van der Waals surface area contributed by atoms with Crippen LogP contribution in [0.15, 0.2) is 24.4 Å². The third-order valence-electron chi connectivity index (χ3n) is 2.73. The molecule has 3 nitrogen and oxygen atoms in total. The number of pyridine rings is 1. The van der Waals surface area contributed by atoms with Crippen LogP contribution in [0.25, 0.3) is 10.9 Å². The van der Waals surface area contributed by atoms with Crippen molar-refractivity contribution in [3.8, 4) is 0 Å². The average molecular weight is 199 g/mol. The fourth-order valence-electron chi connectivity index (χ4n) is 2.07. The zero-order valence-corrected chi connectivity index (χ0v) is 8.83. The van der Waals surface area contributed by atoms with Crippen molar-refractivity contribution < 1.29 is 0 Å². The first-order valence-corrected chi connectivity index (χ1v) is 5.16. The Morgan fingerprint density at radius 1 is 1.27 bits per heavy atom. The molecule has 0 amide bonds. The number of aryl methyl sites for hydroxylation is 1. The maximum Gasteiger partial charge on any atom is 0.0936 e. The molecule has 2 N–H and O–H groups in total. The topological polar surface area (TPSA) is 37.0 Å². The Kier molecular flexibility index (Phi) is 1.63. The average Bonchev–Trinajstić information content (AvgIpc) is 2.58. The number of nitrogens with zero attached hydrogens (tertiary/aromatic N) is 1. The molecule has 76 valence electrons. The number of nitrogens with one attached hydrogen (secondary N) is 2. The molecule has 0 fully saturated rings. The van der Waals surface area contributed by atoms with Gasteiger partial charge in [0.2, 0.25) is 0 Å². The molecule has 0 saturated heterocycles. The highest BCUT2D eigenvalue weighted by Crippen LogP contribution is 2.35. The molecule has 1 unspecified atom stereocenters. The Morgan fingerprint density at radius 3 is 3.00 bits per heavy atom. The highest BCUT2D eigenvalue weighted by atomic mass is 15.2. The van der Waals surface area contributed by atoms with E-state index in [1.807, 2.05) is 6.20 Å². The summed E-state index contributed by atoms with van der Waals surface area (Å²) in [5, 5.41) is 7.98. The van der Waals surface area contributed by atoms with E-state index in [0.29, 0.717) is 6.17 Å². The molecule has 3 rings (SSSR count). The molecular weight excluding hydrogens is 186 g/mol. The van der Waals surface area contributed by atoms with Crippen LogP contribution >= 0.6 is 0 Å². The molecule has 1 atom stereocenters. The van der Waals surface area contributed by atoms with E-state index in [9.17, 15) is 0 Å². The van der Waals surface area contributed by atoms with Crippen molar-refractivity contribution in [1.29, 1.82) is 0 Å². The lowest BCUT2D eigenvalue weighted by atomic mass is 10.1. The molecule has 1 aliphatic heterocycles. The normalized spacial score (nSPS) is 18.4. The number of hydrogen-bond donors (Lipinski definition) is 2. The summed E-state index contributed by atoms with van der Waals surface area (Å²) in [6.07, 6.45) is 2.20. The summed E-state index contributed by atoms with van der Waals surface area (Å²) in [6, 6.07) is 6.31. The van der Waals surface area contributed by atoms with E-state index in [2.05, 4.69) is 47.7 Å². The summed E-state index contributed by atoms with van der Waals surface area (Å²) in [5.74, 6) is 0. The van der Waals surface area contributed by atoms with E-state index in [1.54, 1.807) is 0 Å². The monoisotopic (exact) mass is 199 g/mol. The van der Waals surface area contributed by atoms with Gasteiger partial charge in [0.15, 0.2) is 0 Å². The first kappa shape index (κ1) is 8.53. The van der Waals surface area contributed by atoms with Crippen LogP contribution < -0.4 is 10.6 Å². The lowest BCUT2D eigenvalue weighted by Gasteiger charge is -2.05. The molecule has 0 saturated carbocycles. The van der Waals surface area contributed by atoms with Crippen LogP contribution in [0.5, 0.6) is 0 Å². The molecule has 1 aromatic carbocycles. The fourth-order valence-corrected chi connectivity index (χ4v) is 2.07. The molecule has 15 heavy (non-hydrogen) atoms. The van der Waals surface area contributed by atoms with E-state index in [-0.39, 0.29) is 0 Å². The van der Waals surface area contributed by atoms with Gasteiger partial charge in [-0.3, -0.25) is 4.98 Å². The maximum atomic E-state index is 4.42. The van der Waals surface area contributed by atoms with Crippen molar-refractivity contribution in [2.45, 2.75) is 20.0 Å². The van der Waals surface area contributed by atoms with Crippen molar-refractivity contribution in [3.05, 3.63) is 30.0 Å². The van der Waals surface area contributed by atoms with Crippen molar-refractivity contribution in [1.82, 2.24) is 4.98 Å². The number of anilines is 2. The van der Waals surface area contributed by atoms with Gasteiger partial charge in [-0.1, -0.05) is 0 Å². The Balaban J connectivity index is 2.33. The second-order valence-electron chi connectivity index (χ2n) is 4.08. The third-order valence-corrected chi connectivity index (χ3v) is 2.73. The molecule has 2 aromatic rings. The smallest absolute Gasteiger partial charge is 0.0936 e. The van der Waals surface area contributed by atoms with Crippen LogP contribution in [-0.2, 0) is 0 Å². The molecule has 0 radical (unpaired) electrons. The second kappa shape index (κ2) is 2.86. The molecular formula is C12H13N3. The minimum absolute atomic E-state index is 0.297. The summed E-state index contributed by atoms with van der Waals surface area (Å²) in [5.41, 5.74) is 4.58. The molecule has 1 aromatic heterocycles. The van der Waals surface area contributed by atoms with E-state index in [1.165, 1.54) is 22.3 Å². The van der Waals surface area contributed by atoms with E-state index < -0.39 is 0 Å². The van der Waals surface area contributed by atoms with Crippen LogP contribution in [0.1, 0.15) is 12.5 Å². The number of hydrogen-bond acceptors (Lipinski definition) is 3. The first-order chi connectivity index (χ1) is 7.24. The van der Waals surface area contributed by atoms with Crippen LogP contribution in [0.4, 0.5) is 11.4 Å². The Labute approximate surface area is 88.5 Å². The van der Waals surface area contributed by atoms with Gasteiger partial charge in [0.25, 0.3) is 0 Å². The number of aromatic nitrogens is 1. The number of fused-ring (bicyclic) bond motifs is 3. The predicted molar refractivity (Wildman–Crippen MR) is 63.2 cm³/mol. The van der Waals surface area contributed by atoms with Crippen LogP contribution in [0.2, 0.25) is 0 Å². The largest absolute Gasteiger partial charge is 0.364 e. The third kappa shape index (κ3) is 1.23. The molecule has 0 aliphatic carbocycles. The van der Waals surface area contributed by atoms with Gasteiger partial charge in [0, 0.05) is 11.6 Å². The first-order valence-electron chi connectivity index (χ1n) is 5.16. The number of rotatable bonds is 0. The summed E-state index contributed by atoms with van der Waals surface area (Å²) < 4.78 is 0. The van der Waals surface area contributed by atoms with Gasteiger partial charge in [0.1, 0.15) is 0 Å². The van der Waals surface area contributed by atoms with Gasteiger partial charge in [0.05, 0.1) is 23.1 Å². The Morgan fingerprint density at radius 2 is 2.13 bits per heavy atom. The Hall–Kier alpha value is -1.77. The van der Waals surface area contributed by atoms with Crippen molar-refractivity contribution in [3.63, 3.8) is 0 Å². The van der Waals surface area contributed by atoms with Crippen molar-refractivity contribution in [2.24, 2.45) is 0 Å². The van der Waals surface area contributed by atoms with E-state index in [0.717, 1.165) is 5.52 Å². The lowest BCUT2D eigenvalue weighted by molar-refractivity contribution is 0.956. The van der Waals surface area contributed by atoms with E-state index in [4.69, 9.17) is 0 Å². The standard InChI is InChI=1S/C12H13N3/c1-7-5-9-10(13-6-7)3-4-11-12(9)15-8(2)14-11/h3-6,8,14-15H,1-2H3. The maximum absolute atomic E-state index is 4.42. The van der Waals surface area contributed by atoms with Crippen molar-refractivity contribution >= 4 is 22.3 Å². The van der Waals surface area contributed by atoms with Crippen LogP contribution in [0, 0.1) is 6.92 Å². The van der Waals surface area contributed by atoms with Gasteiger partial charge in [-0.2, -0.15) is 0 Å². The Bertz CT molecular complexity index is 534. The summed E-state index contributed by atoms with van der Waals surface area (Å²) in [7, 11) is 0. The predicted octanol–water partition coefficient (Wildman–Crippen LogP) is 2.73. The SMILES string of the molecule is Cc1cnc2ccc3c(c2c1)NC(C)N3. The molecule has 2 heterocycles. The van der Waals surface area contributed by atoms with Gasteiger partial charge in [-0.05, 0) is 37.6 Å². The minimum atomic E-state index is 0.297. The lowest BCUT2D eigenvalue weighted by Crippen LogP contribution is -2.16. The quantitative estimate of drug-likeness (QED) is 0.685. The molecule has 1 aliphatic rings.